The number of ether oxygens (including phenoxy) is 1. The highest BCUT2D eigenvalue weighted by Gasteiger charge is 2.24. The lowest BCUT2D eigenvalue weighted by Gasteiger charge is -2.24. The number of aliphatic hydroxyl groups excluding tert-OH is 1. The predicted octanol–water partition coefficient (Wildman–Crippen LogP) is 0.0313. The van der Waals surface area contributed by atoms with Crippen molar-refractivity contribution in [3.8, 4) is 5.75 Å². The number of nitrogens with two attached hydrogens (primary N) is 1. The summed E-state index contributed by atoms with van der Waals surface area (Å²) in [6.07, 6.45) is -0.0777. The number of anilines is 2. The molecule has 5 N–H and O–H groups in total. The lowest BCUT2D eigenvalue weighted by atomic mass is 10.0. The Bertz CT molecular complexity index is 690. The van der Waals surface area contributed by atoms with E-state index in [1.165, 1.54) is 13.0 Å². The van der Waals surface area contributed by atoms with Gasteiger partial charge in [-0.25, -0.2) is 8.42 Å². The fourth-order valence-corrected chi connectivity index (χ4v) is 2.82. The molecule has 0 fully saturated rings. The monoisotopic (exact) mass is 343 g/mol. The summed E-state index contributed by atoms with van der Waals surface area (Å²) in [7, 11) is -3.46. The number of carbonyl (C=O) groups is 1. The third-order valence-electron chi connectivity index (χ3n) is 3.49. The maximum Gasteiger partial charge on any atom is 0.232 e. The van der Waals surface area contributed by atoms with E-state index in [1.54, 1.807) is 6.07 Å². The van der Waals surface area contributed by atoms with Gasteiger partial charge in [-0.1, -0.05) is 0 Å². The summed E-state index contributed by atoms with van der Waals surface area (Å²) >= 11 is 0. The molecule has 0 saturated heterocycles. The third kappa shape index (κ3) is 4.34. The largest absolute Gasteiger partial charge is 0.490 e. The summed E-state index contributed by atoms with van der Waals surface area (Å²) in [6, 6.07) is 3.15. The van der Waals surface area contributed by atoms with Crippen molar-refractivity contribution in [3.63, 3.8) is 0 Å². The minimum Gasteiger partial charge on any atom is -0.490 e. The number of benzene rings is 1. The van der Waals surface area contributed by atoms with Crippen LogP contribution in [0.4, 0.5) is 11.4 Å². The Kier molecular flexibility index (Phi) is 5.45. The van der Waals surface area contributed by atoms with Crippen molar-refractivity contribution >= 4 is 27.3 Å². The van der Waals surface area contributed by atoms with Crippen molar-refractivity contribution in [1.82, 2.24) is 0 Å². The average molecular weight is 343 g/mol. The van der Waals surface area contributed by atoms with Gasteiger partial charge in [-0.15, -0.1) is 0 Å². The number of hydrogen-bond acceptors (Lipinski definition) is 6. The fraction of sp³-hybridized carbons (Fsp3) is 0.500. The summed E-state index contributed by atoms with van der Waals surface area (Å²) in [4.78, 5) is 11.7. The number of amides is 1. The highest BCUT2D eigenvalue weighted by molar-refractivity contribution is 7.92. The molecule has 0 aromatic heterocycles. The number of carbonyl (C=O) groups excluding carboxylic acids is 1. The Labute approximate surface area is 135 Å². The summed E-state index contributed by atoms with van der Waals surface area (Å²) in [5.74, 6) is 0.233. The molecule has 23 heavy (non-hydrogen) atoms. The van der Waals surface area contributed by atoms with Crippen LogP contribution < -0.4 is 20.5 Å². The lowest BCUT2D eigenvalue weighted by Crippen LogP contribution is -2.27. The SMILES string of the molecule is CCS(=O)(=O)Nc1ccc(OCC(O)CN)c2c1NC(=O)CC2. The van der Waals surface area contributed by atoms with Gasteiger partial charge in [0.05, 0.1) is 17.1 Å². The van der Waals surface area contributed by atoms with Crippen molar-refractivity contribution in [2.45, 2.75) is 25.9 Å². The molecule has 1 unspecified atom stereocenters. The van der Waals surface area contributed by atoms with Gasteiger partial charge in [-0.05, 0) is 25.5 Å². The second-order valence-corrected chi connectivity index (χ2v) is 7.23. The maximum absolute atomic E-state index is 11.8. The van der Waals surface area contributed by atoms with Crippen LogP contribution in [0.25, 0.3) is 0 Å². The van der Waals surface area contributed by atoms with Gasteiger partial charge >= 0.3 is 0 Å². The second-order valence-electron chi connectivity index (χ2n) is 5.22. The van der Waals surface area contributed by atoms with Crippen molar-refractivity contribution in [1.29, 1.82) is 0 Å². The van der Waals surface area contributed by atoms with Gasteiger partial charge in [0.1, 0.15) is 18.5 Å². The minimum atomic E-state index is -3.46. The highest BCUT2D eigenvalue weighted by Crippen LogP contribution is 2.37. The summed E-state index contributed by atoms with van der Waals surface area (Å²) in [6.45, 7) is 1.63. The molecular formula is C14H21N3O5S. The number of aliphatic hydroxyl groups is 1. The van der Waals surface area contributed by atoms with Gasteiger partial charge in [0.2, 0.25) is 15.9 Å². The maximum atomic E-state index is 11.8. The zero-order valence-electron chi connectivity index (χ0n) is 12.8. The molecule has 1 heterocycles. The first-order valence-corrected chi connectivity index (χ1v) is 8.98. The topological polar surface area (TPSA) is 131 Å². The molecule has 1 atom stereocenters. The number of rotatable bonds is 7. The molecule has 0 radical (unpaired) electrons. The van der Waals surface area contributed by atoms with Crippen molar-refractivity contribution in [3.05, 3.63) is 17.7 Å². The summed E-state index contributed by atoms with van der Waals surface area (Å²) < 4.78 is 31.5. The fourth-order valence-electron chi connectivity index (χ4n) is 2.17. The number of fused-ring (bicyclic) bond motifs is 1. The molecule has 1 aromatic carbocycles. The van der Waals surface area contributed by atoms with Crippen LogP contribution in [0.15, 0.2) is 12.1 Å². The molecule has 8 nitrogen and oxygen atoms in total. The van der Waals surface area contributed by atoms with Crippen molar-refractivity contribution in [2.75, 3.05) is 28.9 Å². The van der Waals surface area contributed by atoms with E-state index in [0.29, 0.717) is 29.1 Å². The summed E-state index contributed by atoms with van der Waals surface area (Å²) in [5.41, 5.74) is 6.74. The van der Waals surface area contributed by atoms with E-state index in [9.17, 15) is 18.3 Å². The van der Waals surface area contributed by atoms with E-state index in [1.807, 2.05) is 0 Å². The zero-order valence-corrected chi connectivity index (χ0v) is 13.6. The molecule has 0 bridgehead atoms. The molecule has 0 aliphatic carbocycles. The third-order valence-corrected chi connectivity index (χ3v) is 4.78. The van der Waals surface area contributed by atoms with Crippen LogP contribution in [-0.4, -0.2) is 44.4 Å². The van der Waals surface area contributed by atoms with Crippen molar-refractivity contribution in [2.24, 2.45) is 5.73 Å². The van der Waals surface area contributed by atoms with Crippen LogP contribution in [0.3, 0.4) is 0 Å². The molecule has 9 heteroatoms. The molecule has 1 aromatic rings. The Morgan fingerprint density at radius 3 is 2.83 bits per heavy atom. The molecule has 128 valence electrons. The van der Waals surface area contributed by atoms with Crippen LogP contribution in [0.1, 0.15) is 18.9 Å². The average Bonchev–Trinajstić information content (AvgIpc) is 2.53. The normalized spacial score (nSPS) is 15.5. The van der Waals surface area contributed by atoms with Crippen LogP contribution >= 0.6 is 0 Å². The molecule has 0 saturated carbocycles. The van der Waals surface area contributed by atoms with Crippen LogP contribution in [0.5, 0.6) is 5.75 Å². The van der Waals surface area contributed by atoms with E-state index in [2.05, 4.69) is 10.0 Å². The Morgan fingerprint density at radius 2 is 2.17 bits per heavy atom. The molecule has 0 spiro atoms. The van der Waals surface area contributed by atoms with E-state index >= 15 is 0 Å². The molecule has 2 rings (SSSR count). The van der Waals surface area contributed by atoms with Gasteiger partial charge in [0, 0.05) is 18.5 Å². The van der Waals surface area contributed by atoms with E-state index in [-0.39, 0.29) is 31.2 Å². The first kappa shape index (κ1) is 17.5. The zero-order chi connectivity index (χ0) is 17.0. The van der Waals surface area contributed by atoms with Gasteiger partial charge in [0.25, 0.3) is 0 Å². The number of hydrogen-bond donors (Lipinski definition) is 4. The van der Waals surface area contributed by atoms with Crippen LogP contribution in [0, 0.1) is 0 Å². The second kappa shape index (κ2) is 7.16. The predicted molar refractivity (Wildman–Crippen MR) is 87.0 cm³/mol. The molecule has 1 amide bonds. The highest BCUT2D eigenvalue weighted by atomic mass is 32.2. The van der Waals surface area contributed by atoms with Crippen LogP contribution in [-0.2, 0) is 21.2 Å². The first-order chi connectivity index (χ1) is 10.9. The van der Waals surface area contributed by atoms with Gasteiger partial charge in [-0.2, -0.15) is 0 Å². The number of nitrogens with one attached hydrogen (secondary N) is 2. The van der Waals surface area contributed by atoms with Gasteiger partial charge in [0.15, 0.2) is 0 Å². The van der Waals surface area contributed by atoms with Crippen LogP contribution in [0.2, 0.25) is 0 Å². The lowest BCUT2D eigenvalue weighted by molar-refractivity contribution is -0.116. The Balaban J connectivity index is 2.34. The Hall–Kier alpha value is -1.84. The van der Waals surface area contributed by atoms with E-state index in [0.717, 1.165) is 0 Å². The summed E-state index contributed by atoms with van der Waals surface area (Å²) in [5, 5.41) is 12.2. The standard InChI is InChI=1S/C14H21N3O5S/c1-2-23(20,21)17-11-4-5-12(22-8-9(18)7-15)10-3-6-13(19)16-14(10)11/h4-5,9,17-18H,2-3,6-8,15H2,1H3,(H,16,19). The van der Waals surface area contributed by atoms with E-state index < -0.39 is 16.1 Å². The van der Waals surface area contributed by atoms with Gasteiger partial charge in [-0.3, -0.25) is 9.52 Å². The van der Waals surface area contributed by atoms with Crippen molar-refractivity contribution < 1.29 is 23.1 Å². The minimum absolute atomic E-state index is 0.0247. The van der Waals surface area contributed by atoms with Gasteiger partial charge < -0.3 is 20.9 Å². The Morgan fingerprint density at radius 1 is 1.43 bits per heavy atom. The molecular weight excluding hydrogens is 322 g/mol. The molecule has 1 aliphatic heterocycles. The quantitative estimate of drug-likeness (QED) is 0.552. The molecule has 1 aliphatic rings. The number of sulfonamides is 1. The van der Waals surface area contributed by atoms with E-state index in [4.69, 9.17) is 10.5 Å². The smallest absolute Gasteiger partial charge is 0.232 e. The first-order valence-electron chi connectivity index (χ1n) is 7.33.